The molecule has 0 spiro atoms. The second-order valence-electron chi connectivity index (χ2n) is 7.11. The maximum atomic E-state index is 13.1. The van der Waals surface area contributed by atoms with E-state index in [1.54, 1.807) is 11.0 Å². The van der Waals surface area contributed by atoms with Gasteiger partial charge in [-0.3, -0.25) is 4.79 Å². The van der Waals surface area contributed by atoms with Gasteiger partial charge in [-0.1, -0.05) is 24.3 Å². The number of likely N-dealkylation sites (tertiary alicyclic amines) is 1. The zero-order chi connectivity index (χ0) is 20.9. The lowest BCUT2D eigenvalue weighted by molar-refractivity contribution is 0.0790. The molecular weight excluding hydrogens is 390 g/mol. The number of rotatable bonds is 8. The predicted molar refractivity (Wildman–Crippen MR) is 113 cm³/mol. The molecule has 0 aliphatic carbocycles. The Balaban J connectivity index is 1.71. The number of ether oxygens (including phenoxy) is 1. The molecule has 8 heteroatoms. The smallest absolute Gasteiger partial charge is 0.254 e. The van der Waals surface area contributed by atoms with Gasteiger partial charge in [0.2, 0.25) is 10.0 Å². The average Bonchev–Trinajstić information content (AvgIpc) is 3.17. The topological polar surface area (TPSA) is 87.7 Å². The predicted octanol–water partition coefficient (Wildman–Crippen LogP) is 2.25. The standard InChI is InChI=1S/C21H27N3O4S/c1-16-8-9-19(29(26,27)22-11-13-28-2)14-20(16)21(25)24-12-10-18(15-24)23-17-6-4-3-5-7-17/h3-9,14,18,22-23H,10-13,15H2,1-2H3. The lowest BCUT2D eigenvalue weighted by Gasteiger charge is -2.19. The Kier molecular flexibility index (Phi) is 6.89. The van der Waals surface area contributed by atoms with Crippen LogP contribution in [0.25, 0.3) is 0 Å². The molecule has 2 aromatic carbocycles. The number of benzene rings is 2. The van der Waals surface area contributed by atoms with Crippen LogP contribution >= 0.6 is 0 Å². The number of methoxy groups -OCH3 is 1. The molecule has 156 valence electrons. The highest BCUT2D eigenvalue weighted by Crippen LogP contribution is 2.21. The molecule has 0 bridgehead atoms. The number of hydrogen-bond acceptors (Lipinski definition) is 5. The van der Waals surface area contributed by atoms with E-state index in [-0.39, 0.29) is 30.0 Å². The van der Waals surface area contributed by atoms with Gasteiger partial charge in [0, 0.05) is 44.0 Å². The Morgan fingerprint density at radius 3 is 2.69 bits per heavy atom. The van der Waals surface area contributed by atoms with Crippen LogP contribution in [0.3, 0.4) is 0 Å². The third-order valence-electron chi connectivity index (χ3n) is 4.97. The van der Waals surface area contributed by atoms with Gasteiger partial charge in [0.25, 0.3) is 5.91 Å². The number of nitrogens with zero attached hydrogens (tertiary/aromatic N) is 1. The number of para-hydroxylation sites is 1. The van der Waals surface area contributed by atoms with Crippen molar-refractivity contribution in [2.24, 2.45) is 0 Å². The van der Waals surface area contributed by atoms with Crippen molar-refractivity contribution >= 4 is 21.6 Å². The van der Waals surface area contributed by atoms with E-state index in [4.69, 9.17) is 4.74 Å². The van der Waals surface area contributed by atoms with Gasteiger partial charge in [0.1, 0.15) is 0 Å². The maximum absolute atomic E-state index is 13.1. The first-order valence-electron chi connectivity index (χ1n) is 9.61. The van der Waals surface area contributed by atoms with Crippen LogP contribution in [0.15, 0.2) is 53.4 Å². The Morgan fingerprint density at radius 1 is 1.21 bits per heavy atom. The van der Waals surface area contributed by atoms with Crippen molar-refractivity contribution in [3.63, 3.8) is 0 Å². The van der Waals surface area contributed by atoms with Crippen molar-refractivity contribution in [2.45, 2.75) is 24.3 Å². The monoisotopic (exact) mass is 417 g/mol. The number of nitrogens with one attached hydrogen (secondary N) is 2. The van der Waals surface area contributed by atoms with Gasteiger partial charge >= 0.3 is 0 Å². The molecule has 0 saturated carbocycles. The molecule has 0 aromatic heterocycles. The van der Waals surface area contributed by atoms with Crippen molar-refractivity contribution in [3.05, 3.63) is 59.7 Å². The Morgan fingerprint density at radius 2 is 1.97 bits per heavy atom. The van der Waals surface area contributed by atoms with Crippen LogP contribution in [0, 0.1) is 6.92 Å². The number of carbonyl (C=O) groups excluding carboxylic acids is 1. The molecule has 1 aliphatic heterocycles. The third-order valence-corrected chi connectivity index (χ3v) is 6.43. The lowest BCUT2D eigenvalue weighted by atomic mass is 10.1. The SMILES string of the molecule is COCCNS(=O)(=O)c1ccc(C)c(C(=O)N2CCC(Nc3ccccc3)C2)c1. The minimum absolute atomic E-state index is 0.0840. The van der Waals surface area contributed by atoms with Crippen molar-refractivity contribution in [1.29, 1.82) is 0 Å². The highest BCUT2D eigenvalue weighted by molar-refractivity contribution is 7.89. The van der Waals surface area contributed by atoms with Gasteiger partial charge in [-0.05, 0) is 43.2 Å². The van der Waals surface area contributed by atoms with Crippen molar-refractivity contribution in [2.75, 3.05) is 38.7 Å². The number of carbonyl (C=O) groups is 1. The molecule has 2 aromatic rings. The van der Waals surface area contributed by atoms with E-state index in [1.165, 1.54) is 19.2 Å². The maximum Gasteiger partial charge on any atom is 0.254 e. The summed E-state index contributed by atoms with van der Waals surface area (Å²) >= 11 is 0. The van der Waals surface area contributed by atoms with Gasteiger partial charge < -0.3 is 15.0 Å². The Bertz CT molecular complexity index is 948. The summed E-state index contributed by atoms with van der Waals surface area (Å²) < 4.78 is 32.3. The molecule has 1 saturated heterocycles. The number of anilines is 1. The van der Waals surface area contributed by atoms with Gasteiger partial charge in [-0.25, -0.2) is 13.1 Å². The summed E-state index contributed by atoms with van der Waals surface area (Å²) in [5.41, 5.74) is 2.20. The fourth-order valence-electron chi connectivity index (χ4n) is 3.36. The lowest BCUT2D eigenvalue weighted by Crippen LogP contribution is -2.32. The third kappa shape index (κ3) is 5.35. The van der Waals surface area contributed by atoms with Crippen molar-refractivity contribution in [1.82, 2.24) is 9.62 Å². The molecule has 1 unspecified atom stereocenters. The molecule has 1 fully saturated rings. The summed E-state index contributed by atoms with van der Waals surface area (Å²) in [6, 6.07) is 14.7. The Hall–Kier alpha value is -2.42. The minimum Gasteiger partial charge on any atom is -0.383 e. The zero-order valence-corrected chi connectivity index (χ0v) is 17.5. The van der Waals surface area contributed by atoms with Crippen molar-refractivity contribution < 1.29 is 17.9 Å². The zero-order valence-electron chi connectivity index (χ0n) is 16.7. The first-order valence-corrected chi connectivity index (χ1v) is 11.1. The fourth-order valence-corrected chi connectivity index (χ4v) is 4.40. The number of hydrogen-bond donors (Lipinski definition) is 2. The fraction of sp³-hybridized carbons (Fsp3) is 0.381. The number of amides is 1. The van der Waals surface area contributed by atoms with Crippen molar-refractivity contribution in [3.8, 4) is 0 Å². The minimum atomic E-state index is -3.69. The van der Waals surface area contributed by atoms with E-state index in [0.29, 0.717) is 18.7 Å². The van der Waals surface area contributed by atoms with E-state index in [2.05, 4.69) is 10.0 Å². The summed E-state index contributed by atoms with van der Waals surface area (Å²) in [4.78, 5) is 14.9. The molecule has 1 atom stereocenters. The highest BCUT2D eigenvalue weighted by atomic mass is 32.2. The average molecular weight is 418 g/mol. The van der Waals surface area contributed by atoms with Crippen LogP contribution in [0.5, 0.6) is 0 Å². The van der Waals surface area contributed by atoms with E-state index < -0.39 is 10.0 Å². The summed E-state index contributed by atoms with van der Waals surface area (Å²) in [5.74, 6) is -0.145. The van der Waals surface area contributed by atoms with Gasteiger partial charge in [-0.2, -0.15) is 0 Å². The first kappa shape index (κ1) is 21.3. The van der Waals surface area contributed by atoms with E-state index in [1.807, 2.05) is 37.3 Å². The van der Waals surface area contributed by atoms with E-state index >= 15 is 0 Å². The van der Waals surface area contributed by atoms with Crippen LogP contribution in [0.2, 0.25) is 0 Å². The van der Waals surface area contributed by atoms with Crippen LogP contribution in [0.4, 0.5) is 5.69 Å². The summed E-state index contributed by atoms with van der Waals surface area (Å²) in [7, 11) is -2.19. The molecule has 3 rings (SSSR count). The first-order chi connectivity index (χ1) is 13.9. The number of aryl methyl sites for hydroxylation is 1. The molecular formula is C21H27N3O4S. The van der Waals surface area contributed by atoms with Crippen LogP contribution in [-0.2, 0) is 14.8 Å². The van der Waals surface area contributed by atoms with Crippen LogP contribution in [0.1, 0.15) is 22.3 Å². The molecule has 1 aliphatic rings. The second-order valence-corrected chi connectivity index (χ2v) is 8.88. The summed E-state index contributed by atoms with van der Waals surface area (Å²) in [6.45, 7) is 3.48. The van der Waals surface area contributed by atoms with E-state index in [9.17, 15) is 13.2 Å². The molecule has 1 heterocycles. The molecule has 2 N–H and O–H groups in total. The molecule has 1 amide bonds. The second kappa shape index (κ2) is 9.39. The quantitative estimate of drug-likeness (QED) is 0.643. The van der Waals surface area contributed by atoms with Gasteiger partial charge in [0.05, 0.1) is 11.5 Å². The number of sulfonamides is 1. The van der Waals surface area contributed by atoms with Gasteiger partial charge in [-0.15, -0.1) is 0 Å². The molecule has 7 nitrogen and oxygen atoms in total. The molecule has 29 heavy (non-hydrogen) atoms. The van der Waals surface area contributed by atoms with Gasteiger partial charge in [0.15, 0.2) is 0 Å². The van der Waals surface area contributed by atoms with Crippen LogP contribution in [-0.4, -0.2) is 58.6 Å². The van der Waals surface area contributed by atoms with E-state index in [0.717, 1.165) is 17.7 Å². The highest BCUT2D eigenvalue weighted by Gasteiger charge is 2.28. The molecule has 0 radical (unpaired) electrons. The summed E-state index contributed by atoms with van der Waals surface area (Å²) in [6.07, 6.45) is 0.843. The Labute approximate surface area is 172 Å². The normalized spacial score (nSPS) is 16.8. The summed E-state index contributed by atoms with van der Waals surface area (Å²) in [5, 5.41) is 3.44. The largest absolute Gasteiger partial charge is 0.383 e. The van der Waals surface area contributed by atoms with Crippen LogP contribution < -0.4 is 10.0 Å².